The number of nitrogens with zero attached hydrogens (tertiary/aromatic N) is 1. The van der Waals surface area contributed by atoms with Crippen LogP contribution in [0.2, 0.25) is 0 Å². The number of hydrogen-bond donors (Lipinski definition) is 1. The van der Waals surface area contributed by atoms with Gasteiger partial charge in [-0.25, -0.2) is 4.39 Å². The first kappa shape index (κ1) is 16.3. The van der Waals surface area contributed by atoms with Crippen LogP contribution in [-0.2, 0) is 11.0 Å². The second kappa shape index (κ2) is 5.94. The van der Waals surface area contributed by atoms with E-state index in [1.54, 1.807) is 0 Å². The van der Waals surface area contributed by atoms with Crippen molar-refractivity contribution >= 4 is 11.8 Å². The molecule has 0 saturated carbocycles. The first-order valence-corrected chi connectivity index (χ1v) is 6.66. The number of benzene rings is 1. The molecule has 1 saturated heterocycles. The van der Waals surface area contributed by atoms with E-state index in [-0.39, 0.29) is 19.0 Å². The third kappa shape index (κ3) is 3.20. The topological polar surface area (TPSA) is 63.4 Å². The summed E-state index contributed by atoms with van der Waals surface area (Å²) < 4.78 is 51.9. The second-order valence-electron chi connectivity index (χ2n) is 5.13. The van der Waals surface area contributed by atoms with Crippen molar-refractivity contribution in [1.82, 2.24) is 4.90 Å². The molecule has 22 heavy (non-hydrogen) atoms. The van der Waals surface area contributed by atoms with Crippen LogP contribution in [-0.4, -0.2) is 29.8 Å². The predicted octanol–water partition coefficient (Wildman–Crippen LogP) is 2.18. The van der Waals surface area contributed by atoms with Gasteiger partial charge in [0.1, 0.15) is 5.82 Å². The number of piperidine rings is 1. The van der Waals surface area contributed by atoms with Gasteiger partial charge in [0, 0.05) is 19.0 Å². The molecule has 1 heterocycles. The molecule has 2 amide bonds. The molecule has 0 aromatic heterocycles. The first-order chi connectivity index (χ1) is 10.2. The van der Waals surface area contributed by atoms with Gasteiger partial charge in [-0.05, 0) is 25.0 Å². The second-order valence-corrected chi connectivity index (χ2v) is 5.13. The molecule has 120 valence electrons. The lowest BCUT2D eigenvalue weighted by molar-refractivity contribution is -0.140. The number of nitrogens with two attached hydrogens (primary N) is 1. The van der Waals surface area contributed by atoms with E-state index in [1.807, 2.05) is 0 Å². The highest BCUT2D eigenvalue weighted by molar-refractivity contribution is 5.95. The monoisotopic (exact) mass is 318 g/mol. The molecule has 2 N–H and O–H groups in total. The van der Waals surface area contributed by atoms with Crippen molar-refractivity contribution in [2.45, 2.75) is 19.0 Å². The van der Waals surface area contributed by atoms with E-state index in [1.165, 1.54) is 4.90 Å². The van der Waals surface area contributed by atoms with Gasteiger partial charge in [-0.3, -0.25) is 9.59 Å². The zero-order chi connectivity index (χ0) is 16.5. The van der Waals surface area contributed by atoms with Crippen molar-refractivity contribution in [1.29, 1.82) is 0 Å². The summed E-state index contributed by atoms with van der Waals surface area (Å²) in [4.78, 5) is 24.5. The molecular formula is C14H14F4N2O2. The number of halogens is 4. The van der Waals surface area contributed by atoms with Gasteiger partial charge in [0.15, 0.2) is 0 Å². The Labute approximate surface area is 123 Å². The lowest BCUT2D eigenvalue weighted by Crippen LogP contribution is -2.42. The lowest BCUT2D eigenvalue weighted by atomic mass is 9.95. The van der Waals surface area contributed by atoms with Crippen LogP contribution in [0, 0.1) is 11.7 Å². The summed E-state index contributed by atoms with van der Waals surface area (Å²) in [5.41, 5.74) is 3.08. The van der Waals surface area contributed by atoms with Gasteiger partial charge in [-0.15, -0.1) is 0 Å². The van der Waals surface area contributed by atoms with E-state index in [2.05, 4.69) is 0 Å². The Kier molecular flexibility index (Phi) is 4.39. The van der Waals surface area contributed by atoms with Gasteiger partial charge in [-0.2, -0.15) is 13.2 Å². The maximum absolute atomic E-state index is 13.9. The minimum atomic E-state index is -4.86. The van der Waals surface area contributed by atoms with Crippen LogP contribution in [0.4, 0.5) is 17.6 Å². The highest BCUT2D eigenvalue weighted by Gasteiger charge is 2.36. The fourth-order valence-electron chi connectivity index (χ4n) is 2.45. The van der Waals surface area contributed by atoms with Gasteiger partial charge < -0.3 is 10.6 Å². The van der Waals surface area contributed by atoms with E-state index >= 15 is 0 Å². The number of hydrogen-bond acceptors (Lipinski definition) is 2. The zero-order valence-electron chi connectivity index (χ0n) is 11.5. The van der Waals surface area contributed by atoms with Crippen LogP contribution in [0.25, 0.3) is 0 Å². The number of likely N-dealkylation sites (tertiary alicyclic amines) is 1. The molecular weight excluding hydrogens is 304 g/mol. The molecule has 1 fully saturated rings. The van der Waals surface area contributed by atoms with Crippen molar-refractivity contribution in [3.05, 3.63) is 35.1 Å². The van der Waals surface area contributed by atoms with Crippen molar-refractivity contribution in [2.75, 3.05) is 13.1 Å². The Morgan fingerprint density at radius 2 is 1.77 bits per heavy atom. The maximum atomic E-state index is 13.9. The Bertz CT molecular complexity index is 593. The van der Waals surface area contributed by atoms with Gasteiger partial charge in [-0.1, -0.05) is 6.07 Å². The van der Waals surface area contributed by atoms with Gasteiger partial charge in [0.2, 0.25) is 5.91 Å². The number of carbonyl (C=O) groups excluding carboxylic acids is 2. The normalized spacial score (nSPS) is 16.6. The summed E-state index contributed by atoms with van der Waals surface area (Å²) in [5.74, 6) is -3.23. The molecule has 0 bridgehead atoms. The highest BCUT2D eigenvalue weighted by Crippen LogP contribution is 2.33. The fourth-order valence-corrected chi connectivity index (χ4v) is 2.45. The summed E-state index contributed by atoms with van der Waals surface area (Å²) in [6.07, 6.45) is -4.22. The largest absolute Gasteiger partial charge is 0.419 e. The molecule has 4 nitrogen and oxygen atoms in total. The molecule has 1 aromatic carbocycles. The first-order valence-electron chi connectivity index (χ1n) is 6.66. The number of rotatable bonds is 2. The highest BCUT2D eigenvalue weighted by atomic mass is 19.4. The average Bonchev–Trinajstić information content (AvgIpc) is 2.45. The predicted molar refractivity (Wildman–Crippen MR) is 69.2 cm³/mol. The zero-order valence-corrected chi connectivity index (χ0v) is 11.5. The number of carbonyl (C=O) groups is 2. The molecule has 0 radical (unpaired) electrons. The van der Waals surface area contributed by atoms with Crippen LogP contribution >= 0.6 is 0 Å². The molecule has 0 spiro atoms. The molecule has 0 atom stereocenters. The minimum Gasteiger partial charge on any atom is -0.369 e. The Morgan fingerprint density at radius 3 is 2.27 bits per heavy atom. The van der Waals surface area contributed by atoms with Crippen LogP contribution in [0.1, 0.15) is 28.8 Å². The molecule has 8 heteroatoms. The molecule has 1 aromatic rings. The minimum absolute atomic E-state index is 0.155. The number of primary amides is 1. The molecule has 1 aliphatic heterocycles. The molecule has 2 rings (SSSR count). The standard InChI is InChI=1S/C14H14F4N2O2/c15-11-9(2-1-3-10(11)14(16,17)18)13(22)20-6-4-8(5-7-20)12(19)21/h1-3,8H,4-7H2,(H2,19,21). The number of amides is 2. The van der Waals surface area contributed by atoms with Crippen LogP contribution < -0.4 is 5.73 Å². The molecule has 1 aliphatic rings. The van der Waals surface area contributed by atoms with Crippen LogP contribution in [0.15, 0.2) is 18.2 Å². The van der Waals surface area contributed by atoms with Crippen molar-refractivity contribution in [2.24, 2.45) is 11.7 Å². The Morgan fingerprint density at radius 1 is 1.18 bits per heavy atom. The summed E-state index contributed by atoms with van der Waals surface area (Å²) >= 11 is 0. The van der Waals surface area contributed by atoms with Crippen LogP contribution in [0.3, 0.4) is 0 Å². The third-order valence-electron chi connectivity index (χ3n) is 3.72. The summed E-state index contributed by atoms with van der Waals surface area (Å²) in [6, 6.07) is 2.60. The van der Waals surface area contributed by atoms with E-state index in [0.29, 0.717) is 18.9 Å². The van der Waals surface area contributed by atoms with Crippen LogP contribution in [0.5, 0.6) is 0 Å². The van der Waals surface area contributed by atoms with Gasteiger partial charge in [0.25, 0.3) is 5.91 Å². The van der Waals surface area contributed by atoms with E-state index in [4.69, 9.17) is 5.73 Å². The molecule has 0 aliphatic carbocycles. The summed E-state index contributed by atoms with van der Waals surface area (Å²) in [5, 5.41) is 0. The summed E-state index contributed by atoms with van der Waals surface area (Å²) in [7, 11) is 0. The Hall–Kier alpha value is -2.12. The van der Waals surface area contributed by atoms with Gasteiger partial charge >= 0.3 is 6.18 Å². The Balaban J connectivity index is 2.19. The maximum Gasteiger partial charge on any atom is 0.419 e. The summed E-state index contributed by atoms with van der Waals surface area (Å²) in [6.45, 7) is 0.310. The smallest absolute Gasteiger partial charge is 0.369 e. The van der Waals surface area contributed by atoms with Gasteiger partial charge in [0.05, 0.1) is 11.1 Å². The van der Waals surface area contributed by atoms with Crippen molar-refractivity contribution < 1.29 is 27.2 Å². The molecule has 0 unspecified atom stereocenters. The quantitative estimate of drug-likeness (QED) is 0.850. The fraction of sp³-hybridized carbons (Fsp3) is 0.429. The van der Waals surface area contributed by atoms with E-state index in [9.17, 15) is 27.2 Å². The average molecular weight is 318 g/mol. The SMILES string of the molecule is NC(=O)C1CCN(C(=O)c2cccc(C(F)(F)F)c2F)CC1. The van der Waals surface area contributed by atoms with E-state index < -0.39 is 34.9 Å². The third-order valence-corrected chi connectivity index (χ3v) is 3.72. The van der Waals surface area contributed by atoms with Crippen molar-refractivity contribution in [3.63, 3.8) is 0 Å². The number of alkyl halides is 3. The van der Waals surface area contributed by atoms with Crippen molar-refractivity contribution in [3.8, 4) is 0 Å². The van der Waals surface area contributed by atoms with E-state index in [0.717, 1.165) is 12.1 Å². The lowest BCUT2D eigenvalue weighted by Gasteiger charge is -2.30.